The molecule has 0 atom stereocenters. The Morgan fingerprint density at radius 3 is 1.80 bits per heavy atom. The molecule has 0 aromatic rings. The van der Waals surface area contributed by atoms with Crippen LogP contribution < -0.4 is 0 Å². The lowest BCUT2D eigenvalue weighted by Gasteiger charge is -1.99. The van der Waals surface area contributed by atoms with Crippen molar-refractivity contribution in [1.29, 1.82) is 0 Å². The quantitative estimate of drug-likeness (QED) is 0.356. The third-order valence-corrected chi connectivity index (χ3v) is 0.298. The highest BCUT2D eigenvalue weighted by molar-refractivity contribution is 6.51. The summed E-state index contributed by atoms with van der Waals surface area (Å²) in [4.78, 5) is 0. The van der Waals surface area contributed by atoms with Gasteiger partial charge in [0.15, 0.2) is 23.4 Å². The second kappa shape index (κ2) is 2.40. The summed E-state index contributed by atoms with van der Waals surface area (Å²) in [5, 5.41) is 0. The summed E-state index contributed by atoms with van der Waals surface area (Å²) in [6, 6.07) is 0. The van der Waals surface area contributed by atoms with Crippen LogP contribution in [0.1, 0.15) is 0 Å². The van der Waals surface area contributed by atoms with E-state index in [9.17, 15) is 0 Å². The fourth-order valence-electron chi connectivity index (χ4n) is 0. The van der Waals surface area contributed by atoms with Crippen LogP contribution in [0.15, 0.2) is 0 Å². The first-order valence-electron chi connectivity index (χ1n) is 1.35. The Balaban J connectivity index is 2.54. The van der Waals surface area contributed by atoms with Crippen molar-refractivity contribution < 1.29 is 0 Å². The highest BCUT2D eigenvalue weighted by Gasteiger charge is 1.76. The molecule has 0 N–H and O–H groups in total. The van der Waals surface area contributed by atoms with Crippen molar-refractivity contribution in [2.45, 2.75) is 6.82 Å². The lowest BCUT2D eigenvalue weighted by Crippen LogP contribution is -2.17. The van der Waals surface area contributed by atoms with Crippen molar-refractivity contribution in [2.24, 2.45) is 0 Å². The van der Waals surface area contributed by atoms with Crippen LogP contribution in [-0.2, 0) is 0 Å². The van der Waals surface area contributed by atoms with Crippen LogP contribution in [-0.4, -0.2) is 28.0 Å². The van der Waals surface area contributed by atoms with Crippen LogP contribution in [0.3, 0.4) is 0 Å². The van der Waals surface area contributed by atoms with Crippen molar-refractivity contribution in [2.75, 3.05) is 0 Å². The maximum absolute atomic E-state index is 4.85. The van der Waals surface area contributed by atoms with E-state index in [1.54, 1.807) is 14.2 Å². The zero-order chi connectivity index (χ0) is 4.28. The van der Waals surface area contributed by atoms with Crippen LogP contribution >= 0.6 is 0 Å². The Labute approximate surface area is 35.9 Å². The molecular formula is CH3B3N. The molecule has 1 nitrogen and oxygen atoms in total. The standard InChI is InChI=1S/CH3B3N/c1-4-5(2)3/h1H3. The van der Waals surface area contributed by atoms with Gasteiger partial charge < -0.3 is 4.63 Å². The van der Waals surface area contributed by atoms with Crippen LogP contribution in [0.25, 0.3) is 0 Å². The summed E-state index contributed by atoms with van der Waals surface area (Å²) >= 11 is 0. The first kappa shape index (κ1) is 5.15. The molecule has 5 heavy (non-hydrogen) atoms. The number of hydrogen-bond acceptors (Lipinski definition) is 1. The molecule has 0 saturated carbocycles. The first-order valence-corrected chi connectivity index (χ1v) is 1.35. The fourth-order valence-corrected chi connectivity index (χ4v) is 0. The number of nitrogens with zero attached hydrogens (tertiary/aromatic N) is 1. The third kappa shape index (κ3) is 4.15. The van der Waals surface area contributed by atoms with Crippen LogP contribution in [0.4, 0.5) is 0 Å². The molecule has 0 aliphatic carbocycles. The molecule has 0 aromatic carbocycles. The Morgan fingerprint density at radius 1 is 1.60 bits per heavy atom. The Bertz CT molecular complexity index is 20.9. The van der Waals surface area contributed by atoms with Gasteiger partial charge in [-0.3, -0.25) is 0 Å². The van der Waals surface area contributed by atoms with Crippen molar-refractivity contribution in [3.8, 4) is 0 Å². The van der Waals surface area contributed by atoms with Gasteiger partial charge in [0.05, 0.1) is 0 Å². The van der Waals surface area contributed by atoms with E-state index in [0.29, 0.717) is 0 Å². The van der Waals surface area contributed by atoms with Gasteiger partial charge in [-0.05, 0) is 0 Å². The largest absolute Gasteiger partial charge is 0.452 e. The van der Waals surface area contributed by atoms with E-state index in [1.165, 1.54) is 0 Å². The average Bonchev–Trinajstić information content (AvgIpc) is 1.38. The van der Waals surface area contributed by atoms with E-state index in [1.807, 2.05) is 0 Å². The molecule has 0 spiro atoms. The zero-order valence-electron chi connectivity index (χ0n) is 3.18. The molecule has 21 valence electrons. The van der Waals surface area contributed by atoms with E-state index in [4.69, 9.17) is 16.0 Å². The molecule has 0 aromatic heterocycles. The summed E-state index contributed by atoms with van der Waals surface area (Å²) in [6.07, 6.45) is 0. The molecule has 4 heteroatoms. The molecule has 0 aliphatic heterocycles. The summed E-state index contributed by atoms with van der Waals surface area (Å²) < 4.78 is 1.00. The van der Waals surface area contributed by atoms with Crippen molar-refractivity contribution in [3.63, 3.8) is 0 Å². The second-order valence-electron chi connectivity index (χ2n) is 0.705. The minimum Gasteiger partial charge on any atom is -0.452 e. The topological polar surface area (TPSA) is 3.24 Å². The third-order valence-electron chi connectivity index (χ3n) is 0.298. The fraction of sp³-hybridized carbons (Fsp3) is 1.00. The van der Waals surface area contributed by atoms with Gasteiger partial charge in [-0.15, -0.1) is 0 Å². The summed E-state index contributed by atoms with van der Waals surface area (Å²) in [5.41, 5.74) is 0. The molecule has 0 heterocycles. The number of rotatable bonds is 1. The zero-order valence-corrected chi connectivity index (χ0v) is 3.18. The lowest BCUT2D eigenvalue weighted by molar-refractivity contribution is 1.15. The monoisotopic (exact) mass is 62.1 g/mol. The summed E-state index contributed by atoms with van der Waals surface area (Å²) in [7, 11) is 11.2. The molecule has 0 unspecified atom stereocenters. The maximum atomic E-state index is 4.85. The van der Waals surface area contributed by atoms with Gasteiger partial charge in [0.1, 0.15) is 0 Å². The molecule has 0 amide bonds. The Kier molecular flexibility index (Phi) is 2.47. The highest BCUT2D eigenvalue weighted by Crippen LogP contribution is 1.56. The van der Waals surface area contributed by atoms with Crippen LogP contribution in [0.5, 0.6) is 0 Å². The maximum Gasteiger partial charge on any atom is 0.178 e. The molecule has 0 bridgehead atoms. The number of hydrogen-bond donors (Lipinski definition) is 0. The first-order chi connectivity index (χ1) is 2.27. The SMILES string of the molecule is [B]N([B])[B]C. The molecular weight excluding hydrogens is 58.5 g/mol. The minimum absolute atomic E-state index is 1.00. The van der Waals surface area contributed by atoms with Gasteiger partial charge in [-0.1, -0.05) is 6.82 Å². The smallest absolute Gasteiger partial charge is 0.178 e. The van der Waals surface area contributed by atoms with E-state index in [-0.39, 0.29) is 0 Å². The van der Waals surface area contributed by atoms with Gasteiger partial charge in [0, 0.05) is 0 Å². The summed E-state index contributed by atoms with van der Waals surface area (Å²) in [5.74, 6) is 0. The predicted molar refractivity (Wildman–Crippen MR) is 25.0 cm³/mol. The predicted octanol–water partition coefficient (Wildman–Crippen LogP) is -0.877. The molecule has 0 aliphatic rings. The van der Waals surface area contributed by atoms with Crippen molar-refractivity contribution in [3.05, 3.63) is 0 Å². The minimum atomic E-state index is 1.00. The van der Waals surface area contributed by atoms with Gasteiger partial charge in [0.2, 0.25) is 0 Å². The average molecular weight is 61.5 g/mol. The van der Waals surface area contributed by atoms with E-state index in [0.717, 1.165) is 4.63 Å². The Morgan fingerprint density at radius 2 is 1.80 bits per heavy atom. The van der Waals surface area contributed by atoms with Crippen molar-refractivity contribution in [1.82, 2.24) is 4.63 Å². The molecule has 5 radical (unpaired) electrons. The molecule has 0 saturated heterocycles. The van der Waals surface area contributed by atoms with E-state index < -0.39 is 0 Å². The van der Waals surface area contributed by atoms with Crippen LogP contribution in [0.2, 0.25) is 6.82 Å². The normalized spacial score (nSPS) is 8.40. The van der Waals surface area contributed by atoms with Gasteiger partial charge in [-0.2, -0.15) is 0 Å². The second-order valence-corrected chi connectivity index (χ2v) is 0.705. The van der Waals surface area contributed by atoms with Crippen LogP contribution in [0, 0.1) is 0 Å². The summed E-state index contributed by atoms with van der Waals surface area (Å²) in [6.45, 7) is 1.75. The van der Waals surface area contributed by atoms with Gasteiger partial charge >= 0.3 is 0 Å². The highest BCUT2D eigenvalue weighted by atomic mass is 14.8. The molecule has 0 fully saturated rings. The Hall–Kier alpha value is 0.155. The van der Waals surface area contributed by atoms with Gasteiger partial charge in [0.25, 0.3) is 0 Å². The molecule has 0 rings (SSSR count). The van der Waals surface area contributed by atoms with Crippen molar-refractivity contribution >= 4 is 23.4 Å². The lowest BCUT2D eigenvalue weighted by atomic mass is 9.86. The van der Waals surface area contributed by atoms with E-state index >= 15 is 0 Å². The van der Waals surface area contributed by atoms with E-state index in [2.05, 4.69) is 0 Å². The van der Waals surface area contributed by atoms with Gasteiger partial charge in [-0.25, -0.2) is 0 Å².